The van der Waals surface area contributed by atoms with Crippen molar-refractivity contribution >= 4 is 0 Å². The Morgan fingerprint density at radius 1 is 1.19 bits per heavy atom. The van der Waals surface area contributed by atoms with E-state index in [1.54, 1.807) is 14.2 Å². The van der Waals surface area contributed by atoms with Crippen LogP contribution in [0, 0.1) is 6.92 Å². The van der Waals surface area contributed by atoms with E-state index in [1.807, 2.05) is 13.0 Å². The first-order chi connectivity index (χ1) is 10.2. The Kier molecular flexibility index (Phi) is 6.08. The fourth-order valence-electron chi connectivity index (χ4n) is 2.96. The van der Waals surface area contributed by atoms with Crippen molar-refractivity contribution in [2.24, 2.45) is 0 Å². The fraction of sp³-hybridized carbons (Fsp3) is 0.750. The van der Waals surface area contributed by atoms with Gasteiger partial charge in [0.2, 0.25) is 0 Å². The zero-order valence-corrected chi connectivity index (χ0v) is 13.4. The zero-order valence-electron chi connectivity index (χ0n) is 13.4. The van der Waals surface area contributed by atoms with Crippen LogP contribution < -0.4 is 5.32 Å². The summed E-state index contributed by atoms with van der Waals surface area (Å²) in [6.07, 6.45) is 5.69. The highest BCUT2D eigenvalue weighted by atomic mass is 16.5. The summed E-state index contributed by atoms with van der Waals surface area (Å²) in [5.74, 6) is 0.855. The molecule has 1 saturated carbocycles. The minimum Gasteiger partial charge on any atom is -0.383 e. The molecule has 1 aliphatic carbocycles. The van der Waals surface area contributed by atoms with Gasteiger partial charge in [-0.2, -0.15) is 0 Å². The number of aromatic nitrogens is 2. The van der Waals surface area contributed by atoms with E-state index in [9.17, 15) is 0 Å². The van der Waals surface area contributed by atoms with E-state index in [-0.39, 0.29) is 5.60 Å². The van der Waals surface area contributed by atoms with Crippen LogP contribution in [0.25, 0.3) is 0 Å². The van der Waals surface area contributed by atoms with Crippen LogP contribution >= 0.6 is 0 Å². The van der Waals surface area contributed by atoms with Crippen LogP contribution in [0.1, 0.15) is 49.3 Å². The number of hydrogen-bond donors (Lipinski definition) is 1. The van der Waals surface area contributed by atoms with Crippen molar-refractivity contribution in [3.8, 4) is 0 Å². The first-order valence-corrected chi connectivity index (χ1v) is 7.80. The molecule has 0 bridgehead atoms. The Hall–Kier alpha value is -1.04. The monoisotopic (exact) mass is 293 g/mol. The van der Waals surface area contributed by atoms with Crippen molar-refractivity contribution in [2.45, 2.75) is 51.2 Å². The molecule has 0 radical (unpaired) electrons. The quantitative estimate of drug-likeness (QED) is 0.782. The molecule has 0 unspecified atom stereocenters. The summed E-state index contributed by atoms with van der Waals surface area (Å²) in [4.78, 5) is 9.41. The molecular formula is C16H27N3O2. The Balaban J connectivity index is 2.13. The lowest BCUT2D eigenvalue weighted by molar-refractivity contribution is -0.0517. The smallest absolute Gasteiger partial charge is 0.160 e. The number of aryl methyl sites for hydroxylation is 1. The molecular weight excluding hydrogens is 266 g/mol. The number of rotatable bonds is 7. The Bertz CT molecular complexity index is 445. The summed E-state index contributed by atoms with van der Waals surface area (Å²) in [7, 11) is 3.49. The van der Waals surface area contributed by atoms with Crippen LogP contribution in [0.2, 0.25) is 0 Å². The van der Waals surface area contributed by atoms with Gasteiger partial charge in [-0.15, -0.1) is 0 Å². The van der Waals surface area contributed by atoms with Gasteiger partial charge < -0.3 is 14.8 Å². The average molecular weight is 293 g/mol. The van der Waals surface area contributed by atoms with Gasteiger partial charge in [-0.25, -0.2) is 9.97 Å². The van der Waals surface area contributed by atoms with Gasteiger partial charge in [0.25, 0.3) is 0 Å². The van der Waals surface area contributed by atoms with Gasteiger partial charge in [-0.3, -0.25) is 0 Å². The summed E-state index contributed by atoms with van der Waals surface area (Å²) in [6.45, 7) is 4.29. The normalized spacial score (nSPS) is 17.9. The third-order valence-electron chi connectivity index (χ3n) is 4.16. The summed E-state index contributed by atoms with van der Waals surface area (Å²) in [5, 5.41) is 3.33. The summed E-state index contributed by atoms with van der Waals surface area (Å²) in [5.41, 5.74) is 1.74. The third kappa shape index (κ3) is 4.22. The van der Waals surface area contributed by atoms with Crippen molar-refractivity contribution in [1.29, 1.82) is 0 Å². The van der Waals surface area contributed by atoms with E-state index in [1.165, 1.54) is 19.3 Å². The molecule has 0 saturated heterocycles. The van der Waals surface area contributed by atoms with Crippen molar-refractivity contribution < 1.29 is 9.47 Å². The maximum Gasteiger partial charge on any atom is 0.160 e. The first kappa shape index (κ1) is 16.3. The molecule has 118 valence electrons. The van der Waals surface area contributed by atoms with E-state index in [0.717, 1.165) is 43.1 Å². The molecule has 0 amide bonds. The Morgan fingerprint density at radius 2 is 1.95 bits per heavy atom. The van der Waals surface area contributed by atoms with Crippen LogP contribution in [0.5, 0.6) is 0 Å². The van der Waals surface area contributed by atoms with Crippen molar-refractivity contribution in [3.63, 3.8) is 0 Å². The minimum atomic E-state index is -0.286. The largest absolute Gasteiger partial charge is 0.383 e. The van der Waals surface area contributed by atoms with Crippen molar-refractivity contribution in [2.75, 3.05) is 27.4 Å². The van der Waals surface area contributed by atoms with Crippen LogP contribution in [0.15, 0.2) is 6.07 Å². The minimum absolute atomic E-state index is 0.286. The third-order valence-corrected chi connectivity index (χ3v) is 4.16. The van der Waals surface area contributed by atoms with Gasteiger partial charge in [-0.1, -0.05) is 19.3 Å². The highest BCUT2D eigenvalue weighted by Crippen LogP contribution is 2.38. The lowest BCUT2D eigenvalue weighted by atomic mass is 9.84. The zero-order chi connectivity index (χ0) is 15.1. The molecule has 1 fully saturated rings. The standard InChI is InChI=1S/C16H27N3O2/c1-13-11-14(12-17-9-10-20-2)19-15(18-13)16(21-3)7-5-4-6-8-16/h11,17H,4-10,12H2,1-3H3. The van der Waals surface area contributed by atoms with Gasteiger partial charge in [0.05, 0.1) is 12.3 Å². The SMILES string of the molecule is COCCNCc1cc(C)nc(C2(OC)CCCCC2)n1. The van der Waals surface area contributed by atoms with Crippen LogP contribution in [0.3, 0.4) is 0 Å². The second kappa shape index (κ2) is 7.82. The van der Waals surface area contributed by atoms with Crippen molar-refractivity contribution in [1.82, 2.24) is 15.3 Å². The predicted octanol–water partition coefficient (Wildman–Crippen LogP) is 2.33. The Labute approximate surface area is 127 Å². The molecule has 0 atom stereocenters. The number of ether oxygens (including phenoxy) is 2. The molecule has 2 rings (SSSR count). The maximum atomic E-state index is 5.85. The molecule has 0 aliphatic heterocycles. The van der Waals surface area contributed by atoms with E-state index < -0.39 is 0 Å². The Morgan fingerprint density at radius 3 is 2.62 bits per heavy atom. The number of nitrogens with zero attached hydrogens (tertiary/aromatic N) is 2. The number of hydrogen-bond acceptors (Lipinski definition) is 5. The van der Waals surface area contributed by atoms with Crippen LogP contribution in [-0.4, -0.2) is 37.3 Å². The molecule has 5 nitrogen and oxygen atoms in total. The molecule has 5 heteroatoms. The second-order valence-electron chi connectivity index (χ2n) is 5.75. The number of nitrogens with one attached hydrogen (secondary N) is 1. The molecule has 1 aromatic heterocycles. The summed E-state index contributed by atoms with van der Waals surface area (Å²) < 4.78 is 10.9. The van der Waals surface area contributed by atoms with E-state index >= 15 is 0 Å². The molecule has 1 heterocycles. The van der Waals surface area contributed by atoms with Crippen LogP contribution in [-0.2, 0) is 21.6 Å². The highest BCUT2D eigenvalue weighted by molar-refractivity contribution is 5.15. The number of methoxy groups -OCH3 is 2. The second-order valence-corrected chi connectivity index (χ2v) is 5.75. The van der Waals surface area contributed by atoms with E-state index in [0.29, 0.717) is 6.61 Å². The van der Waals surface area contributed by atoms with Gasteiger partial charge >= 0.3 is 0 Å². The van der Waals surface area contributed by atoms with Gasteiger partial charge in [-0.05, 0) is 25.8 Å². The van der Waals surface area contributed by atoms with E-state index in [4.69, 9.17) is 14.5 Å². The van der Waals surface area contributed by atoms with E-state index in [2.05, 4.69) is 10.3 Å². The van der Waals surface area contributed by atoms with Gasteiger partial charge in [0.1, 0.15) is 5.60 Å². The maximum absolute atomic E-state index is 5.85. The summed E-state index contributed by atoms with van der Waals surface area (Å²) >= 11 is 0. The average Bonchev–Trinajstić information content (AvgIpc) is 2.52. The molecule has 1 N–H and O–H groups in total. The lowest BCUT2D eigenvalue weighted by Crippen LogP contribution is -2.34. The van der Waals surface area contributed by atoms with Crippen LogP contribution in [0.4, 0.5) is 0 Å². The van der Waals surface area contributed by atoms with Crippen molar-refractivity contribution in [3.05, 3.63) is 23.3 Å². The first-order valence-electron chi connectivity index (χ1n) is 7.80. The lowest BCUT2D eigenvalue weighted by Gasteiger charge is -2.34. The summed E-state index contributed by atoms with van der Waals surface area (Å²) in [6, 6.07) is 2.04. The molecule has 0 spiro atoms. The molecule has 1 aliphatic rings. The van der Waals surface area contributed by atoms with Gasteiger partial charge in [0.15, 0.2) is 5.82 Å². The highest BCUT2D eigenvalue weighted by Gasteiger charge is 2.37. The molecule has 21 heavy (non-hydrogen) atoms. The predicted molar refractivity (Wildman–Crippen MR) is 82.1 cm³/mol. The topological polar surface area (TPSA) is 56.3 Å². The fourth-order valence-corrected chi connectivity index (χ4v) is 2.96. The molecule has 0 aromatic carbocycles. The van der Waals surface area contributed by atoms with Gasteiger partial charge in [0, 0.05) is 33.0 Å². The molecule has 1 aromatic rings.